The molecule has 0 aromatic rings. The van der Waals surface area contributed by atoms with Crippen molar-refractivity contribution in [2.24, 2.45) is 11.0 Å². The van der Waals surface area contributed by atoms with Crippen molar-refractivity contribution in [3.05, 3.63) is 17.4 Å². The quantitative estimate of drug-likeness (QED) is 0.304. The molecular weight excluding hydrogens is 126 g/mol. The third kappa shape index (κ3) is 1.92. The summed E-state index contributed by atoms with van der Waals surface area (Å²) in [6, 6.07) is 0.223. The molecule has 1 aliphatic carbocycles. The highest BCUT2D eigenvalue weighted by Gasteiger charge is 2.16. The van der Waals surface area contributed by atoms with E-state index in [1.165, 1.54) is 6.42 Å². The van der Waals surface area contributed by atoms with Gasteiger partial charge in [0, 0.05) is 11.0 Å². The second kappa shape index (κ2) is 3.47. The van der Waals surface area contributed by atoms with Gasteiger partial charge in [0.25, 0.3) is 0 Å². The van der Waals surface area contributed by atoms with Gasteiger partial charge in [0.1, 0.15) is 0 Å². The molecule has 55 valence electrons. The number of rotatable bonds is 1. The van der Waals surface area contributed by atoms with Crippen LogP contribution in [0.15, 0.2) is 5.11 Å². The molecule has 1 saturated carbocycles. The number of hydrogen-bond acceptors (Lipinski definition) is 1. The van der Waals surface area contributed by atoms with Gasteiger partial charge in [-0.15, -0.1) is 0 Å². The van der Waals surface area contributed by atoms with Crippen LogP contribution < -0.4 is 0 Å². The molecule has 0 spiro atoms. The maximum absolute atomic E-state index is 8.14. The van der Waals surface area contributed by atoms with Crippen LogP contribution in [0.2, 0.25) is 0 Å². The molecule has 0 aromatic heterocycles. The standard InChI is InChI=1S/C7H12N3/c1-6-3-2-4-7(5-6)9-10-8/h6-7H,1-5H2. The fourth-order valence-electron chi connectivity index (χ4n) is 1.44. The second-order valence-corrected chi connectivity index (χ2v) is 2.89. The first-order valence-corrected chi connectivity index (χ1v) is 3.70. The molecular formula is C7H12N3. The largest absolute Gasteiger partial charge is 0.0906 e. The zero-order chi connectivity index (χ0) is 7.40. The lowest BCUT2D eigenvalue weighted by Crippen LogP contribution is -2.15. The van der Waals surface area contributed by atoms with E-state index in [9.17, 15) is 0 Å². The van der Waals surface area contributed by atoms with Crippen molar-refractivity contribution >= 4 is 0 Å². The Balaban J connectivity index is 2.39. The van der Waals surface area contributed by atoms with Gasteiger partial charge in [-0.25, -0.2) is 0 Å². The average Bonchev–Trinajstić information content (AvgIpc) is 1.88. The summed E-state index contributed by atoms with van der Waals surface area (Å²) in [6.45, 7) is 3.95. The van der Waals surface area contributed by atoms with Crippen molar-refractivity contribution in [2.75, 3.05) is 0 Å². The van der Waals surface area contributed by atoms with E-state index in [1.807, 2.05) is 0 Å². The van der Waals surface area contributed by atoms with Gasteiger partial charge in [0.2, 0.25) is 0 Å². The Hall–Kier alpha value is -0.690. The van der Waals surface area contributed by atoms with E-state index < -0.39 is 0 Å². The first kappa shape index (κ1) is 7.42. The summed E-state index contributed by atoms with van der Waals surface area (Å²) in [6.07, 6.45) is 4.38. The van der Waals surface area contributed by atoms with Crippen molar-refractivity contribution in [2.45, 2.75) is 31.7 Å². The van der Waals surface area contributed by atoms with Crippen molar-refractivity contribution in [1.29, 1.82) is 0 Å². The van der Waals surface area contributed by atoms with Crippen molar-refractivity contribution in [1.82, 2.24) is 0 Å². The minimum atomic E-state index is 0.223. The van der Waals surface area contributed by atoms with Crippen LogP contribution in [-0.4, -0.2) is 6.04 Å². The number of azide groups is 1. The Labute approximate surface area is 61.1 Å². The predicted molar refractivity (Wildman–Crippen MR) is 40.2 cm³/mol. The molecule has 1 aliphatic rings. The summed E-state index contributed by atoms with van der Waals surface area (Å²) in [7, 11) is 0. The van der Waals surface area contributed by atoms with E-state index in [-0.39, 0.29) is 6.04 Å². The molecule has 1 rings (SSSR count). The fourth-order valence-corrected chi connectivity index (χ4v) is 1.44. The molecule has 3 nitrogen and oxygen atoms in total. The van der Waals surface area contributed by atoms with Gasteiger partial charge < -0.3 is 0 Å². The van der Waals surface area contributed by atoms with E-state index >= 15 is 0 Å². The van der Waals surface area contributed by atoms with E-state index in [0.717, 1.165) is 19.3 Å². The molecule has 0 amide bonds. The van der Waals surface area contributed by atoms with E-state index in [1.54, 1.807) is 0 Å². The topological polar surface area (TPSA) is 48.8 Å². The molecule has 0 N–H and O–H groups in total. The number of nitrogens with zero attached hydrogens (tertiary/aromatic N) is 3. The zero-order valence-electron chi connectivity index (χ0n) is 6.03. The molecule has 0 aromatic carbocycles. The lowest BCUT2D eigenvalue weighted by Gasteiger charge is -2.22. The molecule has 2 atom stereocenters. The predicted octanol–water partition coefficient (Wildman–Crippen LogP) is 2.69. The van der Waals surface area contributed by atoms with Crippen molar-refractivity contribution in [3.8, 4) is 0 Å². The van der Waals surface area contributed by atoms with Crippen LogP contribution in [0.25, 0.3) is 10.4 Å². The minimum Gasteiger partial charge on any atom is -0.0906 e. The molecule has 10 heavy (non-hydrogen) atoms. The Morgan fingerprint density at radius 1 is 1.50 bits per heavy atom. The Bertz CT molecular complexity index is 149. The highest BCUT2D eigenvalue weighted by atomic mass is 15.1. The summed E-state index contributed by atoms with van der Waals surface area (Å²) in [5, 5.41) is 3.67. The summed E-state index contributed by atoms with van der Waals surface area (Å²) >= 11 is 0. The molecule has 3 heteroatoms. The van der Waals surface area contributed by atoms with Gasteiger partial charge in [-0.2, -0.15) is 0 Å². The lowest BCUT2D eigenvalue weighted by atomic mass is 9.88. The van der Waals surface area contributed by atoms with Crippen LogP contribution in [0.4, 0.5) is 0 Å². The first-order valence-electron chi connectivity index (χ1n) is 3.70. The van der Waals surface area contributed by atoms with Crippen LogP contribution in [0.1, 0.15) is 25.7 Å². The minimum absolute atomic E-state index is 0.223. The van der Waals surface area contributed by atoms with Gasteiger partial charge in [0.15, 0.2) is 0 Å². The summed E-state index contributed by atoms with van der Waals surface area (Å²) in [5.74, 6) is 0.504. The molecule has 1 radical (unpaired) electrons. The highest BCUT2D eigenvalue weighted by Crippen LogP contribution is 2.25. The molecule has 1 fully saturated rings. The van der Waals surface area contributed by atoms with Crippen molar-refractivity contribution in [3.63, 3.8) is 0 Å². The SMILES string of the molecule is [CH2]C1CCCC(N=[N+]=[N-])C1. The van der Waals surface area contributed by atoms with Crippen LogP contribution in [0.3, 0.4) is 0 Å². The van der Waals surface area contributed by atoms with Gasteiger partial charge in [-0.05, 0) is 24.3 Å². The molecule has 0 aliphatic heterocycles. The molecule has 0 bridgehead atoms. The van der Waals surface area contributed by atoms with Gasteiger partial charge >= 0.3 is 0 Å². The normalized spacial score (nSPS) is 32.9. The maximum atomic E-state index is 8.14. The monoisotopic (exact) mass is 138 g/mol. The van der Waals surface area contributed by atoms with Gasteiger partial charge in [-0.1, -0.05) is 24.9 Å². The lowest BCUT2D eigenvalue weighted by molar-refractivity contribution is 0.370. The third-order valence-corrected chi connectivity index (χ3v) is 1.97. The zero-order valence-corrected chi connectivity index (χ0v) is 6.03. The summed E-state index contributed by atoms with van der Waals surface area (Å²) in [4.78, 5) is 2.79. The Morgan fingerprint density at radius 3 is 2.90 bits per heavy atom. The van der Waals surface area contributed by atoms with Crippen LogP contribution >= 0.6 is 0 Å². The molecule has 0 saturated heterocycles. The van der Waals surface area contributed by atoms with E-state index in [2.05, 4.69) is 16.9 Å². The van der Waals surface area contributed by atoms with Crippen LogP contribution in [0, 0.1) is 12.8 Å². The Kier molecular flexibility index (Phi) is 2.57. The van der Waals surface area contributed by atoms with Crippen molar-refractivity contribution < 1.29 is 0 Å². The van der Waals surface area contributed by atoms with Gasteiger partial charge in [-0.3, -0.25) is 0 Å². The first-order chi connectivity index (χ1) is 4.83. The molecule has 2 unspecified atom stereocenters. The molecule has 0 heterocycles. The average molecular weight is 138 g/mol. The van der Waals surface area contributed by atoms with Gasteiger partial charge in [0.05, 0.1) is 0 Å². The summed E-state index contributed by atoms with van der Waals surface area (Å²) in [5.41, 5.74) is 8.14. The van der Waals surface area contributed by atoms with E-state index in [4.69, 9.17) is 5.53 Å². The smallest absolute Gasteiger partial charge is 0.0376 e. The Morgan fingerprint density at radius 2 is 2.30 bits per heavy atom. The van der Waals surface area contributed by atoms with E-state index in [0.29, 0.717) is 5.92 Å². The third-order valence-electron chi connectivity index (χ3n) is 1.97. The highest BCUT2D eigenvalue weighted by molar-refractivity contribution is 4.78. The second-order valence-electron chi connectivity index (χ2n) is 2.89. The number of hydrogen-bond donors (Lipinski definition) is 0. The fraction of sp³-hybridized carbons (Fsp3) is 0.857. The van der Waals surface area contributed by atoms with Crippen LogP contribution in [0.5, 0.6) is 0 Å². The van der Waals surface area contributed by atoms with Crippen LogP contribution in [-0.2, 0) is 0 Å². The maximum Gasteiger partial charge on any atom is 0.0376 e. The summed E-state index contributed by atoms with van der Waals surface area (Å²) < 4.78 is 0.